The van der Waals surface area contributed by atoms with E-state index >= 15 is 0 Å². The number of amides is 2. The van der Waals surface area contributed by atoms with E-state index in [1.165, 1.54) is 17.4 Å². The van der Waals surface area contributed by atoms with E-state index in [9.17, 15) is 18.4 Å². The number of hydrogen-bond acceptors (Lipinski definition) is 3. The van der Waals surface area contributed by atoms with Crippen LogP contribution >= 0.6 is 22.9 Å². The smallest absolute Gasteiger partial charge is 0.263 e. The lowest BCUT2D eigenvalue weighted by atomic mass is 10.1. The van der Waals surface area contributed by atoms with E-state index in [0.717, 1.165) is 22.2 Å². The molecule has 0 aliphatic carbocycles. The standard InChI is InChI=1S/C19H15ClF2N2O2S/c1-10(12-7-6-11(21)8-14(12)22)24-16(25)9-23-19(26)18-17(20)13-4-2-3-5-15(13)27-18/h2-8,10H,9H2,1H3,(H,23,26)(H,24,25)/t10-/m1/s1. The van der Waals surface area contributed by atoms with Gasteiger partial charge in [0.15, 0.2) is 0 Å². The van der Waals surface area contributed by atoms with Crippen molar-refractivity contribution in [3.05, 3.63) is 69.6 Å². The summed E-state index contributed by atoms with van der Waals surface area (Å²) in [5, 5.41) is 6.18. The van der Waals surface area contributed by atoms with E-state index < -0.39 is 29.5 Å². The van der Waals surface area contributed by atoms with Gasteiger partial charge in [-0.1, -0.05) is 35.9 Å². The van der Waals surface area contributed by atoms with Gasteiger partial charge in [0.1, 0.15) is 16.5 Å². The lowest BCUT2D eigenvalue weighted by molar-refractivity contribution is -0.120. The van der Waals surface area contributed by atoms with Gasteiger partial charge in [-0.2, -0.15) is 0 Å². The van der Waals surface area contributed by atoms with E-state index in [4.69, 9.17) is 11.6 Å². The average Bonchev–Trinajstić information content (AvgIpc) is 2.97. The first-order valence-electron chi connectivity index (χ1n) is 8.06. The largest absolute Gasteiger partial charge is 0.348 e. The first-order valence-corrected chi connectivity index (χ1v) is 9.26. The monoisotopic (exact) mass is 408 g/mol. The van der Waals surface area contributed by atoms with Crippen molar-refractivity contribution in [3.63, 3.8) is 0 Å². The zero-order chi connectivity index (χ0) is 19.6. The lowest BCUT2D eigenvalue weighted by Crippen LogP contribution is -2.38. The van der Waals surface area contributed by atoms with Crippen molar-refractivity contribution >= 4 is 44.8 Å². The second-order valence-corrected chi connectivity index (χ2v) is 7.31. The zero-order valence-corrected chi connectivity index (χ0v) is 15.8. The molecule has 2 N–H and O–H groups in total. The fraction of sp³-hybridized carbons (Fsp3) is 0.158. The predicted molar refractivity (Wildman–Crippen MR) is 102 cm³/mol. The highest BCUT2D eigenvalue weighted by Crippen LogP contribution is 2.34. The molecule has 4 nitrogen and oxygen atoms in total. The Morgan fingerprint density at radius 2 is 1.93 bits per heavy atom. The van der Waals surface area contributed by atoms with Crippen LogP contribution in [0, 0.1) is 11.6 Å². The van der Waals surface area contributed by atoms with Gasteiger partial charge in [-0.25, -0.2) is 8.78 Å². The van der Waals surface area contributed by atoms with Gasteiger partial charge < -0.3 is 10.6 Å². The topological polar surface area (TPSA) is 58.2 Å². The van der Waals surface area contributed by atoms with Gasteiger partial charge in [0.2, 0.25) is 5.91 Å². The number of benzene rings is 2. The van der Waals surface area contributed by atoms with E-state index in [1.54, 1.807) is 6.92 Å². The van der Waals surface area contributed by atoms with Crippen LogP contribution in [0.15, 0.2) is 42.5 Å². The number of hydrogen-bond donors (Lipinski definition) is 2. The third kappa shape index (κ3) is 4.26. The third-order valence-electron chi connectivity index (χ3n) is 3.96. The molecule has 3 aromatic rings. The number of thiophene rings is 1. The van der Waals surface area contributed by atoms with Gasteiger partial charge in [-0.3, -0.25) is 9.59 Å². The lowest BCUT2D eigenvalue weighted by Gasteiger charge is -2.15. The van der Waals surface area contributed by atoms with Crippen LogP contribution in [0.2, 0.25) is 5.02 Å². The molecule has 0 spiro atoms. The number of nitrogens with one attached hydrogen (secondary N) is 2. The normalized spacial score (nSPS) is 12.0. The Labute approximate surface area is 163 Å². The van der Waals surface area contributed by atoms with Gasteiger partial charge in [0, 0.05) is 21.7 Å². The highest BCUT2D eigenvalue weighted by atomic mass is 35.5. The molecule has 0 saturated heterocycles. The Bertz CT molecular complexity index is 1020. The molecule has 1 atom stereocenters. The Hall–Kier alpha value is -2.51. The Morgan fingerprint density at radius 3 is 2.63 bits per heavy atom. The summed E-state index contributed by atoms with van der Waals surface area (Å²) in [6.07, 6.45) is 0. The minimum Gasteiger partial charge on any atom is -0.348 e. The van der Waals surface area contributed by atoms with Gasteiger partial charge in [0.05, 0.1) is 17.6 Å². The Balaban J connectivity index is 1.61. The van der Waals surface area contributed by atoms with Crippen LogP contribution in [0.4, 0.5) is 8.78 Å². The molecule has 0 unspecified atom stereocenters. The molecule has 0 radical (unpaired) electrons. The fourth-order valence-electron chi connectivity index (χ4n) is 2.62. The van der Waals surface area contributed by atoms with Crippen molar-refractivity contribution in [2.24, 2.45) is 0 Å². The molecule has 1 heterocycles. The van der Waals surface area contributed by atoms with Gasteiger partial charge in [0.25, 0.3) is 5.91 Å². The quantitative estimate of drug-likeness (QED) is 0.655. The molecule has 27 heavy (non-hydrogen) atoms. The SMILES string of the molecule is C[C@@H](NC(=O)CNC(=O)c1sc2ccccc2c1Cl)c1ccc(F)cc1F. The van der Waals surface area contributed by atoms with Crippen molar-refractivity contribution in [2.75, 3.05) is 6.54 Å². The van der Waals surface area contributed by atoms with E-state index in [-0.39, 0.29) is 12.1 Å². The van der Waals surface area contributed by atoms with Crippen molar-refractivity contribution in [2.45, 2.75) is 13.0 Å². The minimum atomic E-state index is -0.746. The number of fused-ring (bicyclic) bond motifs is 1. The summed E-state index contributed by atoms with van der Waals surface area (Å²) in [5.74, 6) is -2.40. The Morgan fingerprint density at radius 1 is 1.19 bits per heavy atom. The fourth-order valence-corrected chi connectivity index (χ4v) is 4.06. The molecule has 0 bridgehead atoms. The second-order valence-electron chi connectivity index (χ2n) is 5.88. The highest BCUT2D eigenvalue weighted by molar-refractivity contribution is 7.21. The summed E-state index contributed by atoms with van der Waals surface area (Å²) in [4.78, 5) is 24.7. The summed E-state index contributed by atoms with van der Waals surface area (Å²) in [5.41, 5.74) is 0.156. The van der Waals surface area contributed by atoms with Crippen molar-refractivity contribution < 1.29 is 18.4 Å². The minimum absolute atomic E-state index is 0.156. The van der Waals surface area contributed by atoms with Gasteiger partial charge in [-0.15, -0.1) is 11.3 Å². The molecule has 0 aliphatic heterocycles. The molecule has 3 rings (SSSR count). The number of carbonyl (C=O) groups is 2. The molecule has 0 fully saturated rings. The summed E-state index contributed by atoms with van der Waals surface area (Å²) >= 11 is 7.48. The number of halogens is 3. The maximum Gasteiger partial charge on any atom is 0.263 e. The van der Waals surface area contributed by atoms with Crippen LogP contribution in [0.3, 0.4) is 0 Å². The molecule has 2 aromatic carbocycles. The predicted octanol–water partition coefficient (Wildman–Crippen LogP) is 4.44. The third-order valence-corrected chi connectivity index (χ3v) is 5.63. The van der Waals surface area contributed by atoms with E-state index in [1.807, 2.05) is 24.3 Å². The van der Waals surface area contributed by atoms with Crippen LogP contribution in [-0.2, 0) is 4.79 Å². The maximum atomic E-state index is 13.8. The summed E-state index contributed by atoms with van der Waals surface area (Å²) in [7, 11) is 0. The first-order chi connectivity index (χ1) is 12.9. The summed E-state index contributed by atoms with van der Waals surface area (Å²) in [6.45, 7) is 1.27. The maximum absolute atomic E-state index is 13.8. The molecule has 8 heteroatoms. The summed E-state index contributed by atoms with van der Waals surface area (Å²) in [6, 6.07) is 9.81. The molecular weight excluding hydrogens is 394 g/mol. The number of carbonyl (C=O) groups excluding carboxylic acids is 2. The average molecular weight is 409 g/mol. The second kappa shape index (κ2) is 8.02. The molecule has 2 amide bonds. The van der Waals surface area contributed by atoms with Crippen LogP contribution in [-0.4, -0.2) is 18.4 Å². The molecule has 140 valence electrons. The van der Waals surface area contributed by atoms with Crippen molar-refractivity contribution in [1.29, 1.82) is 0 Å². The van der Waals surface area contributed by atoms with Gasteiger partial charge >= 0.3 is 0 Å². The van der Waals surface area contributed by atoms with Crippen molar-refractivity contribution in [1.82, 2.24) is 10.6 Å². The highest BCUT2D eigenvalue weighted by Gasteiger charge is 2.19. The van der Waals surface area contributed by atoms with Crippen LogP contribution in [0.5, 0.6) is 0 Å². The van der Waals surface area contributed by atoms with Gasteiger partial charge in [-0.05, 0) is 19.1 Å². The first kappa shape index (κ1) is 19.3. The van der Waals surface area contributed by atoms with Crippen LogP contribution in [0.25, 0.3) is 10.1 Å². The zero-order valence-electron chi connectivity index (χ0n) is 14.2. The Kier molecular flexibility index (Phi) is 5.72. The van der Waals surface area contributed by atoms with E-state index in [0.29, 0.717) is 9.90 Å². The van der Waals surface area contributed by atoms with Crippen LogP contribution in [0.1, 0.15) is 28.2 Å². The number of rotatable bonds is 5. The molecule has 1 aromatic heterocycles. The van der Waals surface area contributed by atoms with Crippen LogP contribution < -0.4 is 10.6 Å². The van der Waals surface area contributed by atoms with E-state index in [2.05, 4.69) is 10.6 Å². The molecule has 0 saturated carbocycles. The van der Waals surface area contributed by atoms with Crippen molar-refractivity contribution in [3.8, 4) is 0 Å². The summed E-state index contributed by atoms with van der Waals surface area (Å²) < 4.78 is 27.6. The molecule has 0 aliphatic rings. The molecular formula is C19H15ClF2N2O2S.